The van der Waals surface area contributed by atoms with Gasteiger partial charge >= 0.3 is 6.36 Å². The lowest BCUT2D eigenvalue weighted by Crippen LogP contribution is -2.65. The smallest absolute Gasteiger partial charge is 0.308 e. The van der Waals surface area contributed by atoms with Crippen LogP contribution in [0.25, 0.3) is 0 Å². The highest BCUT2D eigenvalue weighted by atomic mass is 19.4. The van der Waals surface area contributed by atoms with E-state index < -0.39 is 6.36 Å². The van der Waals surface area contributed by atoms with Gasteiger partial charge in [-0.05, 0) is 18.8 Å². The Hall–Kier alpha value is -0.330. The fourth-order valence-corrected chi connectivity index (χ4v) is 2.92. The van der Waals surface area contributed by atoms with E-state index in [9.17, 15) is 13.2 Å². The molecule has 20 heavy (non-hydrogen) atoms. The third-order valence-electron chi connectivity index (χ3n) is 4.43. The minimum absolute atomic E-state index is 0.0175. The molecule has 0 amide bonds. The van der Waals surface area contributed by atoms with Crippen molar-refractivity contribution >= 4 is 0 Å². The zero-order chi connectivity index (χ0) is 15.4. The number of ether oxygens (including phenoxy) is 1. The molecule has 0 aromatic heterocycles. The third kappa shape index (κ3) is 4.90. The highest BCUT2D eigenvalue weighted by molar-refractivity contribution is 4.97. The van der Waals surface area contributed by atoms with Gasteiger partial charge in [0.15, 0.2) is 0 Å². The third-order valence-corrected chi connectivity index (χ3v) is 4.43. The van der Waals surface area contributed by atoms with Crippen molar-refractivity contribution in [2.24, 2.45) is 5.92 Å². The van der Waals surface area contributed by atoms with E-state index in [4.69, 9.17) is 0 Å². The van der Waals surface area contributed by atoms with E-state index in [1.165, 1.54) is 0 Å². The maximum absolute atomic E-state index is 12.1. The molecule has 1 heterocycles. The Bertz CT molecular complexity index is 291. The van der Waals surface area contributed by atoms with Crippen LogP contribution >= 0.6 is 0 Å². The first-order valence-electron chi connectivity index (χ1n) is 7.43. The molecule has 1 atom stereocenters. The number of nitrogens with zero attached hydrogens (tertiary/aromatic N) is 1. The molecular weight excluding hydrogens is 269 g/mol. The van der Waals surface area contributed by atoms with Crippen LogP contribution in [-0.4, -0.2) is 49.1 Å². The maximum Gasteiger partial charge on any atom is 0.522 e. The van der Waals surface area contributed by atoms with Crippen LogP contribution in [0.3, 0.4) is 0 Å². The largest absolute Gasteiger partial charge is 0.522 e. The Balaban J connectivity index is 2.64. The molecule has 0 aromatic rings. The van der Waals surface area contributed by atoms with Crippen molar-refractivity contribution in [2.45, 2.75) is 58.5 Å². The minimum Gasteiger partial charge on any atom is -0.308 e. The second-order valence-corrected chi connectivity index (χ2v) is 5.94. The first-order chi connectivity index (χ1) is 9.23. The van der Waals surface area contributed by atoms with Crippen molar-refractivity contribution in [3.8, 4) is 0 Å². The molecule has 1 saturated heterocycles. The summed E-state index contributed by atoms with van der Waals surface area (Å²) in [6.45, 7) is 10.1. The van der Waals surface area contributed by atoms with Gasteiger partial charge in [-0.1, -0.05) is 27.7 Å². The summed E-state index contributed by atoms with van der Waals surface area (Å²) in [5.41, 5.74) is 0.0175. The zero-order valence-electron chi connectivity index (χ0n) is 12.9. The first kappa shape index (κ1) is 17.7. The molecule has 0 aliphatic carbocycles. The lowest BCUT2D eigenvalue weighted by Gasteiger charge is -2.49. The van der Waals surface area contributed by atoms with Gasteiger partial charge in [0.05, 0.1) is 6.61 Å². The molecule has 3 nitrogen and oxygen atoms in total. The summed E-state index contributed by atoms with van der Waals surface area (Å²) in [6, 6.07) is 0.262. The van der Waals surface area contributed by atoms with Crippen molar-refractivity contribution < 1.29 is 17.9 Å². The number of piperazine rings is 1. The van der Waals surface area contributed by atoms with Crippen molar-refractivity contribution in [1.29, 1.82) is 0 Å². The van der Waals surface area contributed by atoms with Crippen LogP contribution in [0.1, 0.15) is 40.5 Å². The molecule has 1 aliphatic heterocycles. The molecule has 6 heteroatoms. The molecule has 1 aliphatic rings. The molecule has 1 N–H and O–H groups in total. The average Bonchev–Trinajstić information content (AvgIpc) is 2.36. The second-order valence-electron chi connectivity index (χ2n) is 5.94. The van der Waals surface area contributed by atoms with Gasteiger partial charge < -0.3 is 5.32 Å². The molecule has 0 spiro atoms. The predicted molar refractivity (Wildman–Crippen MR) is 73.5 cm³/mol. The van der Waals surface area contributed by atoms with Crippen LogP contribution in [0.4, 0.5) is 13.2 Å². The van der Waals surface area contributed by atoms with E-state index in [1.54, 1.807) is 0 Å². The van der Waals surface area contributed by atoms with E-state index in [0.717, 1.165) is 25.9 Å². The van der Waals surface area contributed by atoms with Crippen molar-refractivity contribution in [3.63, 3.8) is 0 Å². The summed E-state index contributed by atoms with van der Waals surface area (Å²) < 4.78 is 40.2. The topological polar surface area (TPSA) is 24.5 Å². The first-order valence-corrected chi connectivity index (χ1v) is 7.43. The Labute approximate surface area is 119 Å². The normalized spacial score (nSPS) is 24.3. The fourth-order valence-electron chi connectivity index (χ4n) is 2.92. The molecule has 0 radical (unpaired) electrons. The average molecular weight is 296 g/mol. The van der Waals surface area contributed by atoms with Crippen molar-refractivity contribution in [3.05, 3.63) is 0 Å². The zero-order valence-corrected chi connectivity index (χ0v) is 12.9. The van der Waals surface area contributed by atoms with Gasteiger partial charge in [-0.2, -0.15) is 0 Å². The summed E-state index contributed by atoms with van der Waals surface area (Å²) in [7, 11) is 0. The van der Waals surface area contributed by atoms with Gasteiger partial charge in [0.1, 0.15) is 0 Å². The molecule has 0 saturated carbocycles. The summed E-state index contributed by atoms with van der Waals surface area (Å²) in [5, 5.41) is 3.60. The lowest BCUT2D eigenvalue weighted by molar-refractivity contribution is -0.325. The SMILES string of the molecule is CCC1(CC)CN(CCOC(F)(F)F)C(C(C)C)CN1. The number of hydrogen-bond donors (Lipinski definition) is 1. The number of halogens is 3. The maximum atomic E-state index is 12.1. The standard InChI is InChI=1S/C14H27F3N2O/c1-5-13(6-2)10-19(7-8-20-14(15,16)17)12(9-18-13)11(3)4/h11-12,18H,5-10H2,1-4H3. The summed E-state index contributed by atoms with van der Waals surface area (Å²) >= 11 is 0. The van der Waals surface area contributed by atoms with Gasteiger partial charge in [0.2, 0.25) is 0 Å². The monoisotopic (exact) mass is 296 g/mol. The molecule has 0 aromatic carbocycles. The molecule has 1 unspecified atom stereocenters. The van der Waals surface area contributed by atoms with Gasteiger partial charge in [-0.15, -0.1) is 13.2 Å². The lowest BCUT2D eigenvalue weighted by atomic mass is 9.86. The summed E-state index contributed by atoms with van der Waals surface area (Å²) in [4.78, 5) is 2.15. The Kier molecular flexibility index (Phi) is 6.28. The quantitative estimate of drug-likeness (QED) is 0.815. The fraction of sp³-hybridized carbons (Fsp3) is 1.00. The highest BCUT2D eigenvalue weighted by Gasteiger charge is 2.38. The van der Waals surface area contributed by atoms with Gasteiger partial charge in [-0.3, -0.25) is 9.64 Å². The Morgan fingerprint density at radius 3 is 2.35 bits per heavy atom. The molecule has 1 fully saturated rings. The van der Waals surface area contributed by atoms with E-state index in [0.29, 0.717) is 12.5 Å². The second kappa shape index (κ2) is 7.09. The van der Waals surface area contributed by atoms with Crippen LogP contribution in [0, 0.1) is 5.92 Å². The molecule has 120 valence electrons. The Morgan fingerprint density at radius 2 is 1.90 bits per heavy atom. The molecule has 0 bridgehead atoms. The number of hydrogen-bond acceptors (Lipinski definition) is 3. The van der Waals surface area contributed by atoms with Crippen molar-refractivity contribution in [1.82, 2.24) is 10.2 Å². The minimum atomic E-state index is -4.53. The molecular formula is C14H27F3N2O. The summed E-state index contributed by atoms with van der Waals surface area (Å²) in [6.07, 6.45) is -2.58. The van der Waals surface area contributed by atoms with Gasteiger partial charge in [-0.25, -0.2) is 0 Å². The van der Waals surface area contributed by atoms with Crippen LogP contribution in [0.2, 0.25) is 0 Å². The van der Waals surface area contributed by atoms with Crippen LogP contribution in [0.5, 0.6) is 0 Å². The van der Waals surface area contributed by atoms with Crippen LogP contribution < -0.4 is 5.32 Å². The Morgan fingerprint density at radius 1 is 1.30 bits per heavy atom. The van der Waals surface area contributed by atoms with E-state index in [-0.39, 0.29) is 18.2 Å². The van der Waals surface area contributed by atoms with Gasteiger partial charge in [0.25, 0.3) is 0 Å². The number of rotatable bonds is 6. The molecule has 1 rings (SSSR count). The van der Waals surface area contributed by atoms with E-state index in [1.807, 2.05) is 0 Å². The summed E-state index contributed by atoms with van der Waals surface area (Å²) in [5.74, 6) is 0.403. The van der Waals surface area contributed by atoms with Gasteiger partial charge in [0, 0.05) is 31.2 Å². The number of nitrogens with one attached hydrogen (secondary N) is 1. The predicted octanol–water partition coefficient (Wildman–Crippen LogP) is 3.01. The van der Waals surface area contributed by atoms with Crippen LogP contribution in [-0.2, 0) is 4.74 Å². The van der Waals surface area contributed by atoms with E-state index in [2.05, 4.69) is 42.6 Å². The van der Waals surface area contributed by atoms with E-state index >= 15 is 0 Å². The van der Waals surface area contributed by atoms with Crippen molar-refractivity contribution in [2.75, 3.05) is 26.2 Å². The van der Waals surface area contributed by atoms with Crippen LogP contribution in [0.15, 0.2) is 0 Å². The number of alkyl halides is 3. The highest BCUT2D eigenvalue weighted by Crippen LogP contribution is 2.26.